The molecule has 2 aliphatic rings. The Kier molecular flexibility index (Phi) is 6.65. The van der Waals surface area contributed by atoms with E-state index in [1.54, 1.807) is 47.7 Å². The zero-order chi connectivity index (χ0) is 24.9. The van der Waals surface area contributed by atoms with Gasteiger partial charge in [-0.3, -0.25) is 4.79 Å². The number of anilines is 1. The van der Waals surface area contributed by atoms with Crippen molar-refractivity contribution in [1.29, 1.82) is 0 Å². The highest BCUT2D eigenvalue weighted by molar-refractivity contribution is 5.75. The first-order chi connectivity index (χ1) is 17.5. The lowest BCUT2D eigenvalue weighted by molar-refractivity contribution is -0.138. The quantitative estimate of drug-likeness (QED) is 0.455. The number of aromatic nitrogens is 4. The van der Waals surface area contributed by atoms with Gasteiger partial charge in [0.05, 0.1) is 18.6 Å². The Morgan fingerprint density at radius 2 is 2.17 bits per heavy atom. The third-order valence-electron chi connectivity index (χ3n) is 5.86. The molecule has 0 saturated carbocycles. The summed E-state index contributed by atoms with van der Waals surface area (Å²) in [7, 11) is 0. The van der Waals surface area contributed by atoms with Gasteiger partial charge in [-0.1, -0.05) is 35.0 Å². The first-order valence-electron chi connectivity index (χ1n) is 11.5. The van der Waals surface area contributed by atoms with E-state index in [9.17, 15) is 9.90 Å². The van der Waals surface area contributed by atoms with Crippen molar-refractivity contribution in [1.82, 2.24) is 19.7 Å². The first-order valence-corrected chi connectivity index (χ1v) is 11.5. The minimum absolute atomic E-state index is 0.252. The van der Waals surface area contributed by atoms with Crippen LogP contribution in [0.15, 0.2) is 83.5 Å². The maximum atomic E-state index is 11.9. The number of aliphatic carboxylic acids is 1. The molecule has 1 aliphatic heterocycles. The summed E-state index contributed by atoms with van der Waals surface area (Å²) in [4.78, 5) is 20.2. The molecule has 0 saturated heterocycles. The monoisotopic (exact) mass is 487 g/mol. The van der Waals surface area contributed by atoms with Gasteiger partial charge in [-0.25, -0.2) is 9.97 Å². The molecule has 0 bridgehead atoms. The number of carboxylic acids is 1. The minimum atomic E-state index is -0.967. The van der Waals surface area contributed by atoms with Gasteiger partial charge in [-0.05, 0) is 30.9 Å². The van der Waals surface area contributed by atoms with Gasteiger partial charge >= 0.3 is 5.97 Å². The molecule has 4 heterocycles. The number of carboxylic acid groups (broad SMARTS) is 1. The van der Waals surface area contributed by atoms with Gasteiger partial charge < -0.3 is 29.4 Å². The van der Waals surface area contributed by atoms with E-state index in [0.717, 1.165) is 18.4 Å². The van der Waals surface area contributed by atoms with E-state index in [0.29, 0.717) is 47.4 Å². The predicted octanol–water partition coefficient (Wildman–Crippen LogP) is 4.16. The summed E-state index contributed by atoms with van der Waals surface area (Å²) in [5.41, 5.74) is 8.72. The molecule has 184 valence electrons. The van der Waals surface area contributed by atoms with Crippen LogP contribution in [0.5, 0.6) is 0 Å². The number of ether oxygens (including phenoxy) is 2. The van der Waals surface area contributed by atoms with Gasteiger partial charge in [0.1, 0.15) is 35.7 Å². The topological polar surface area (TPSA) is 139 Å². The second-order valence-corrected chi connectivity index (χ2v) is 8.61. The number of hydrogen-bond acceptors (Lipinski definition) is 8. The van der Waals surface area contributed by atoms with E-state index in [1.165, 1.54) is 11.8 Å². The summed E-state index contributed by atoms with van der Waals surface area (Å²) in [6, 6.07) is 5.17. The highest BCUT2D eigenvalue weighted by Crippen LogP contribution is 2.29. The molecule has 0 amide bonds. The highest BCUT2D eigenvalue weighted by atomic mass is 16.6. The SMILES string of the molecule is Nc1ccc(CC(C(=O)O)c2cn(Cc3cc(C4=COC=C(CC5=CC=CCC5)O4)on3)cn2)cn1. The maximum absolute atomic E-state index is 11.9. The van der Waals surface area contributed by atoms with Crippen molar-refractivity contribution in [3.63, 3.8) is 0 Å². The van der Waals surface area contributed by atoms with Crippen LogP contribution in [0.25, 0.3) is 5.76 Å². The Morgan fingerprint density at radius 1 is 1.25 bits per heavy atom. The number of nitrogens with zero attached hydrogens (tertiary/aromatic N) is 4. The normalized spacial score (nSPS) is 15.8. The second kappa shape index (κ2) is 10.3. The molecule has 1 unspecified atom stereocenters. The number of nitrogens with two attached hydrogens (primary N) is 1. The predicted molar refractivity (Wildman–Crippen MR) is 130 cm³/mol. The van der Waals surface area contributed by atoms with Crippen LogP contribution in [0.4, 0.5) is 5.82 Å². The fourth-order valence-corrected chi connectivity index (χ4v) is 4.01. The number of pyridine rings is 1. The largest absolute Gasteiger partial charge is 0.481 e. The zero-order valence-electron chi connectivity index (χ0n) is 19.4. The summed E-state index contributed by atoms with van der Waals surface area (Å²) < 4.78 is 18.7. The number of imidazole rings is 1. The lowest BCUT2D eigenvalue weighted by atomic mass is 9.98. The van der Waals surface area contributed by atoms with Crippen LogP contribution in [0.2, 0.25) is 0 Å². The first kappa shape index (κ1) is 23.2. The fraction of sp³-hybridized carbons (Fsp3) is 0.231. The van der Waals surface area contributed by atoms with Crippen molar-refractivity contribution >= 4 is 17.5 Å². The lowest BCUT2D eigenvalue weighted by Gasteiger charge is -2.16. The molecule has 0 radical (unpaired) electrons. The maximum Gasteiger partial charge on any atom is 0.312 e. The summed E-state index contributed by atoms with van der Waals surface area (Å²) in [6.45, 7) is 0.350. The molecule has 1 atom stereocenters. The van der Waals surface area contributed by atoms with Crippen LogP contribution in [0.1, 0.15) is 47.9 Å². The van der Waals surface area contributed by atoms with E-state index < -0.39 is 11.9 Å². The Labute approximate surface area is 207 Å². The number of hydrogen-bond donors (Lipinski definition) is 2. The lowest BCUT2D eigenvalue weighted by Crippen LogP contribution is -2.15. The highest BCUT2D eigenvalue weighted by Gasteiger charge is 2.24. The van der Waals surface area contributed by atoms with E-state index in [1.807, 2.05) is 0 Å². The van der Waals surface area contributed by atoms with Gasteiger partial charge in [0.25, 0.3) is 0 Å². The Morgan fingerprint density at radius 3 is 2.94 bits per heavy atom. The standard InChI is InChI=1S/C26H25N5O5/c27-25-7-6-18(11-28-25)9-21(26(32)33)22-13-31(16-29-22)12-19-10-23(36-30-19)24-15-34-14-20(35-24)8-17-4-2-1-3-5-17/h1-2,4,6-7,10-11,13-16,21H,3,5,8-9,12H2,(H2,27,28)(H,32,33). The molecule has 3 aromatic rings. The van der Waals surface area contributed by atoms with Crippen LogP contribution in [-0.2, 0) is 27.2 Å². The Bertz CT molecular complexity index is 1360. The third kappa shape index (κ3) is 5.54. The van der Waals surface area contributed by atoms with Crippen molar-refractivity contribution in [2.24, 2.45) is 0 Å². The summed E-state index contributed by atoms with van der Waals surface area (Å²) in [5, 5.41) is 13.9. The Balaban J connectivity index is 1.22. The molecular weight excluding hydrogens is 462 g/mol. The van der Waals surface area contributed by atoms with Crippen LogP contribution < -0.4 is 5.73 Å². The molecule has 3 aromatic heterocycles. The molecular formula is C26H25N5O5. The van der Waals surface area contributed by atoms with Crippen molar-refractivity contribution in [3.8, 4) is 0 Å². The molecule has 0 spiro atoms. The number of carbonyl (C=O) groups is 1. The van der Waals surface area contributed by atoms with Gasteiger partial charge in [0.2, 0.25) is 11.5 Å². The van der Waals surface area contributed by atoms with E-state index in [4.69, 9.17) is 19.7 Å². The average molecular weight is 488 g/mol. The van der Waals surface area contributed by atoms with E-state index >= 15 is 0 Å². The molecule has 3 N–H and O–H groups in total. The van der Waals surface area contributed by atoms with Crippen LogP contribution >= 0.6 is 0 Å². The van der Waals surface area contributed by atoms with Crippen LogP contribution in [0.3, 0.4) is 0 Å². The second-order valence-electron chi connectivity index (χ2n) is 8.61. The van der Waals surface area contributed by atoms with Crippen molar-refractivity contribution in [2.75, 3.05) is 5.73 Å². The van der Waals surface area contributed by atoms with E-state index in [-0.39, 0.29) is 6.42 Å². The number of nitrogen functional groups attached to an aromatic ring is 1. The van der Waals surface area contributed by atoms with E-state index in [2.05, 4.69) is 33.4 Å². The molecule has 36 heavy (non-hydrogen) atoms. The van der Waals surface area contributed by atoms with Gasteiger partial charge in [0, 0.05) is 24.9 Å². The average Bonchev–Trinajstić information content (AvgIpc) is 3.54. The molecule has 10 heteroatoms. The van der Waals surface area contributed by atoms with Gasteiger partial charge in [-0.2, -0.15) is 0 Å². The molecule has 1 aliphatic carbocycles. The van der Waals surface area contributed by atoms with Crippen molar-refractivity contribution in [2.45, 2.75) is 38.1 Å². The summed E-state index contributed by atoms with van der Waals surface area (Å²) in [6.07, 6.45) is 17.1. The van der Waals surface area contributed by atoms with Crippen molar-refractivity contribution < 1.29 is 23.9 Å². The molecule has 10 nitrogen and oxygen atoms in total. The fourth-order valence-electron chi connectivity index (χ4n) is 4.01. The summed E-state index contributed by atoms with van der Waals surface area (Å²) in [5.74, 6) is 0.171. The molecule has 5 rings (SSSR count). The third-order valence-corrected chi connectivity index (χ3v) is 5.86. The molecule has 0 aromatic carbocycles. The number of allylic oxidation sites excluding steroid dienone is 4. The zero-order valence-corrected chi connectivity index (χ0v) is 19.4. The Hall–Kier alpha value is -4.60. The van der Waals surface area contributed by atoms with Crippen LogP contribution in [0, 0.1) is 0 Å². The smallest absolute Gasteiger partial charge is 0.312 e. The van der Waals surface area contributed by atoms with Gasteiger partial charge in [0.15, 0.2) is 0 Å². The summed E-state index contributed by atoms with van der Waals surface area (Å²) >= 11 is 0. The minimum Gasteiger partial charge on any atom is -0.481 e. The van der Waals surface area contributed by atoms with Crippen LogP contribution in [-0.4, -0.2) is 30.8 Å². The van der Waals surface area contributed by atoms with Gasteiger partial charge in [-0.15, -0.1) is 0 Å². The van der Waals surface area contributed by atoms with Crippen molar-refractivity contribution in [3.05, 3.63) is 102 Å². The number of rotatable bonds is 9. The molecule has 0 fully saturated rings.